The Kier molecular flexibility index (Phi) is 6.31. The molecule has 1 aromatic carbocycles. The summed E-state index contributed by atoms with van der Waals surface area (Å²) in [6.45, 7) is 16.8. The average Bonchev–Trinajstić information content (AvgIpc) is 2.88. The summed E-state index contributed by atoms with van der Waals surface area (Å²) in [5, 5.41) is 26.2. The lowest BCUT2D eigenvalue weighted by molar-refractivity contribution is 0.319. The minimum Gasteiger partial charge on any atom is -0.505 e. The third-order valence-corrected chi connectivity index (χ3v) is 7.56. The van der Waals surface area contributed by atoms with E-state index in [2.05, 4.69) is 30.9 Å². The van der Waals surface area contributed by atoms with E-state index in [-0.39, 0.29) is 35.1 Å². The number of fused-ring (bicyclic) bond motifs is 1. The molecule has 0 aliphatic carbocycles. The highest BCUT2D eigenvalue weighted by molar-refractivity contribution is 7.66. The van der Waals surface area contributed by atoms with Crippen LogP contribution in [0.5, 0.6) is 11.6 Å². The molecule has 1 aliphatic heterocycles. The van der Waals surface area contributed by atoms with E-state index in [0.717, 1.165) is 12.0 Å². The number of hydrogen-bond donors (Lipinski definition) is 3. The van der Waals surface area contributed by atoms with E-state index in [0.29, 0.717) is 23.2 Å². The normalized spacial score (nSPS) is 18.8. The van der Waals surface area contributed by atoms with Gasteiger partial charge in [0.05, 0.1) is 23.3 Å². The van der Waals surface area contributed by atoms with E-state index in [1.807, 2.05) is 39.8 Å². The molecular weight excluding hydrogens is 425 g/mol. The number of anilines is 1. The van der Waals surface area contributed by atoms with Gasteiger partial charge in [0.25, 0.3) is 0 Å². The van der Waals surface area contributed by atoms with Crippen LogP contribution < -0.4 is 10.6 Å². The van der Waals surface area contributed by atoms with Crippen molar-refractivity contribution < 1.29 is 19.3 Å². The number of nitrogens with one attached hydrogen (secondary N) is 1. The summed E-state index contributed by atoms with van der Waals surface area (Å²) in [5.41, 5.74) is 1.95. The fraction of sp³-hybridized carbons (Fsp3) is 0.542. The molecule has 3 rings (SSSR count). The van der Waals surface area contributed by atoms with Gasteiger partial charge in [-0.3, -0.25) is 4.57 Å². The number of benzene rings is 1. The van der Waals surface area contributed by atoms with Crippen LogP contribution in [-0.4, -0.2) is 27.2 Å². The molecule has 176 valence electrons. The molecule has 1 aromatic heterocycles. The second-order valence-electron chi connectivity index (χ2n) is 10.6. The molecule has 1 aliphatic rings. The summed E-state index contributed by atoms with van der Waals surface area (Å²) in [7, 11) is -3.58. The van der Waals surface area contributed by atoms with Gasteiger partial charge >= 0.3 is 7.52 Å². The lowest BCUT2D eigenvalue weighted by Crippen LogP contribution is -2.26. The van der Waals surface area contributed by atoms with Gasteiger partial charge in [-0.25, -0.2) is 0 Å². The van der Waals surface area contributed by atoms with Crippen molar-refractivity contribution >= 4 is 24.3 Å². The van der Waals surface area contributed by atoms with Gasteiger partial charge in [-0.05, 0) is 43.4 Å². The van der Waals surface area contributed by atoms with Crippen LogP contribution in [0.4, 0.5) is 5.69 Å². The number of nitrogens with zero attached hydrogens (tertiary/aromatic N) is 2. The molecule has 7 nitrogen and oxygen atoms in total. The lowest BCUT2D eigenvalue weighted by Gasteiger charge is -2.25. The maximum atomic E-state index is 13.7. The van der Waals surface area contributed by atoms with Gasteiger partial charge in [0, 0.05) is 12.0 Å². The first kappa shape index (κ1) is 24.4. The van der Waals surface area contributed by atoms with Crippen LogP contribution in [0.25, 0.3) is 0 Å². The number of aromatic nitrogens is 1. The predicted molar refractivity (Wildman–Crippen MR) is 131 cm³/mol. The molecule has 32 heavy (non-hydrogen) atoms. The third-order valence-electron chi connectivity index (χ3n) is 5.49. The minimum atomic E-state index is -3.58. The van der Waals surface area contributed by atoms with Gasteiger partial charge in [-0.1, -0.05) is 47.6 Å². The highest BCUT2D eigenvalue weighted by Crippen LogP contribution is 2.53. The monoisotopic (exact) mass is 461 g/mol. The first-order valence-corrected chi connectivity index (χ1v) is 12.6. The SMILES string of the molecule is CCOP1(=O)N=C(c2c(O)c(C(C)(C)C)n(CCC(C)(C)C)c2O)Nc2cc(C)ccc21. The Morgan fingerprint density at radius 1 is 1.16 bits per heavy atom. The Morgan fingerprint density at radius 3 is 2.38 bits per heavy atom. The Balaban J connectivity index is 2.22. The van der Waals surface area contributed by atoms with Crippen molar-refractivity contribution in [2.75, 3.05) is 11.9 Å². The predicted octanol–water partition coefficient (Wildman–Crippen LogP) is 5.67. The molecule has 3 N–H and O–H groups in total. The molecule has 0 radical (unpaired) electrons. The van der Waals surface area contributed by atoms with E-state index < -0.39 is 12.9 Å². The fourth-order valence-electron chi connectivity index (χ4n) is 3.96. The maximum Gasteiger partial charge on any atom is 0.348 e. The molecule has 0 saturated heterocycles. The summed E-state index contributed by atoms with van der Waals surface area (Å²) < 4.78 is 25.5. The number of aromatic hydroxyl groups is 2. The fourth-order valence-corrected chi connectivity index (χ4v) is 5.71. The van der Waals surface area contributed by atoms with Crippen molar-refractivity contribution in [2.45, 2.75) is 73.8 Å². The van der Waals surface area contributed by atoms with Gasteiger partial charge in [-0.2, -0.15) is 4.76 Å². The second-order valence-corrected chi connectivity index (χ2v) is 12.6. The average molecular weight is 462 g/mol. The van der Waals surface area contributed by atoms with Gasteiger partial charge in [-0.15, -0.1) is 0 Å². The quantitative estimate of drug-likeness (QED) is 0.499. The molecule has 0 amide bonds. The third kappa shape index (κ3) is 4.60. The van der Waals surface area contributed by atoms with Crippen molar-refractivity contribution in [1.82, 2.24) is 4.57 Å². The second kappa shape index (κ2) is 8.27. The van der Waals surface area contributed by atoms with Crippen LogP contribution in [0.2, 0.25) is 0 Å². The highest BCUT2D eigenvalue weighted by atomic mass is 31.2. The standard InChI is InChI=1S/C24H36N3O4P/c1-9-31-32(30)17-11-10-15(2)14-16(17)25-21(26-32)18-19(28)20(24(6,7)8)27(22(18)29)13-12-23(3,4)5/h10-11,14,28-29H,9,12-13H2,1-8H3,(H,25,26,30). The topological polar surface area (TPSA) is 96.1 Å². The van der Waals surface area contributed by atoms with Crippen molar-refractivity contribution in [3.63, 3.8) is 0 Å². The first-order valence-electron chi connectivity index (χ1n) is 11.1. The molecule has 0 fully saturated rings. The summed E-state index contributed by atoms with van der Waals surface area (Å²) >= 11 is 0. The van der Waals surface area contributed by atoms with E-state index in [9.17, 15) is 14.8 Å². The van der Waals surface area contributed by atoms with Crippen molar-refractivity contribution in [3.05, 3.63) is 35.0 Å². The molecule has 2 aromatic rings. The summed E-state index contributed by atoms with van der Waals surface area (Å²) in [6.07, 6.45) is 0.802. The summed E-state index contributed by atoms with van der Waals surface area (Å²) in [6, 6.07) is 5.48. The summed E-state index contributed by atoms with van der Waals surface area (Å²) in [5.74, 6) is -0.00807. The maximum absolute atomic E-state index is 13.7. The number of hydrogen-bond acceptors (Lipinski definition) is 5. The van der Waals surface area contributed by atoms with Crippen LogP contribution >= 0.6 is 7.52 Å². The number of amidine groups is 1. The Morgan fingerprint density at radius 2 is 1.81 bits per heavy atom. The first-order chi connectivity index (χ1) is 14.7. The molecule has 1 unspecified atom stereocenters. The lowest BCUT2D eigenvalue weighted by atomic mass is 9.89. The van der Waals surface area contributed by atoms with E-state index in [1.165, 1.54) is 0 Å². The van der Waals surface area contributed by atoms with E-state index >= 15 is 0 Å². The smallest absolute Gasteiger partial charge is 0.348 e. The zero-order chi connectivity index (χ0) is 24.1. The Labute approximate surface area is 191 Å². The van der Waals surface area contributed by atoms with Crippen LogP contribution in [0.3, 0.4) is 0 Å². The van der Waals surface area contributed by atoms with E-state index in [4.69, 9.17) is 4.52 Å². The van der Waals surface area contributed by atoms with Gasteiger partial charge in [0.2, 0.25) is 5.88 Å². The molecule has 1 atom stereocenters. The Bertz CT molecular complexity index is 1100. The zero-order valence-corrected chi connectivity index (χ0v) is 21.3. The van der Waals surface area contributed by atoms with E-state index in [1.54, 1.807) is 17.6 Å². The molecule has 2 heterocycles. The molecule has 0 bridgehead atoms. The van der Waals surface area contributed by atoms with Gasteiger partial charge < -0.3 is 24.6 Å². The van der Waals surface area contributed by atoms with Crippen molar-refractivity contribution in [2.24, 2.45) is 10.2 Å². The van der Waals surface area contributed by atoms with Crippen molar-refractivity contribution in [1.29, 1.82) is 0 Å². The molecule has 8 heteroatoms. The minimum absolute atomic E-state index is 0.0450. The van der Waals surface area contributed by atoms with Crippen LogP contribution in [0.1, 0.15) is 71.7 Å². The van der Waals surface area contributed by atoms with Crippen molar-refractivity contribution in [3.8, 4) is 11.6 Å². The van der Waals surface area contributed by atoms with Crippen LogP contribution in [0, 0.1) is 12.3 Å². The molecule has 0 saturated carbocycles. The molecular formula is C24H36N3O4P. The van der Waals surface area contributed by atoms with Gasteiger partial charge in [0.1, 0.15) is 5.56 Å². The van der Waals surface area contributed by atoms with Gasteiger partial charge in [0.15, 0.2) is 11.6 Å². The number of rotatable bonds is 5. The largest absolute Gasteiger partial charge is 0.505 e. The Hall–Kier alpha value is -2.24. The molecule has 0 spiro atoms. The van der Waals surface area contributed by atoms with Crippen LogP contribution in [-0.2, 0) is 21.0 Å². The number of aryl methyl sites for hydroxylation is 1. The summed E-state index contributed by atoms with van der Waals surface area (Å²) in [4.78, 5) is 0. The van der Waals surface area contributed by atoms with Crippen LogP contribution in [0.15, 0.2) is 23.0 Å². The highest BCUT2D eigenvalue weighted by Gasteiger charge is 2.38. The zero-order valence-electron chi connectivity index (χ0n) is 20.4.